The van der Waals surface area contributed by atoms with Crippen molar-refractivity contribution in [2.24, 2.45) is 16.8 Å². The largest absolute Gasteiger partial charge is 0.511 e. The van der Waals surface area contributed by atoms with Crippen LogP contribution < -0.4 is 21.1 Å². The molecule has 1 fully saturated rings. The summed E-state index contributed by atoms with van der Waals surface area (Å²) in [5.74, 6) is -1.49. The number of amidine groups is 1. The second kappa shape index (κ2) is 15.6. The van der Waals surface area contributed by atoms with Crippen molar-refractivity contribution in [1.82, 2.24) is 10.3 Å². The SMILES string of the molecule is C=Cc1cc(C(=O)Nc2ccc(C(N)=NO)cc2)c(-c2ccc(C(=O)NCC3CC3)nc2C(=O)OC(C)OC(=O)OC(C)C)cc1OC. The van der Waals surface area contributed by atoms with Crippen LogP contribution in [0.15, 0.2) is 60.3 Å². The minimum absolute atomic E-state index is 0.0643. The fraction of sp³-hybridized carbons (Fsp3) is 0.294. The molecular weight excluding hydrogens is 622 g/mol. The predicted molar refractivity (Wildman–Crippen MR) is 176 cm³/mol. The number of carbonyl (C=O) groups is 4. The normalized spacial score (nSPS) is 13.2. The zero-order valence-electron chi connectivity index (χ0n) is 26.9. The highest BCUT2D eigenvalue weighted by atomic mass is 16.8. The molecule has 0 saturated heterocycles. The Bertz CT molecular complexity index is 1730. The molecule has 1 aromatic heterocycles. The number of aromatic nitrogens is 1. The number of esters is 1. The average molecular weight is 660 g/mol. The quantitative estimate of drug-likeness (QED) is 0.0483. The molecular formula is C34H37N5O9. The topological polar surface area (TPSA) is 201 Å². The minimum atomic E-state index is -1.39. The molecule has 1 unspecified atom stereocenters. The van der Waals surface area contributed by atoms with Crippen LogP contribution in [0.25, 0.3) is 17.2 Å². The zero-order chi connectivity index (χ0) is 35.0. The Balaban J connectivity index is 1.77. The third-order valence-electron chi connectivity index (χ3n) is 7.11. The first kappa shape index (κ1) is 34.9. The van der Waals surface area contributed by atoms with Gasteiger partial charge in [-0.25, -0.2) is 14.6 Å². The van der Waals surface area contributed by atoms with Crippen LogP contribution in [-0.4, -0.2) is 66.0 Å². The second-order valence-corrected chi connectivity index (χ2v) is 11.1. The number of nitrogens with zero attached hydrogens (tertiary/aromatic N) is 2. The van der Waals surface area contributed by atoms with E-state index in [9.17, 15) is 19.2 Å². The highest BCUT2D eigenvalue weighted by molar-refractivity contribution is 6.11. The van der Waals surface area contributed by atoms with Crippen LogP contribution in [0.5, 0.6) is 5.75 Å². The van der Waals surface area contributed by atoms with Gasteiger partial charge in [-0.1, -0.05) is 17.8 Å². The first-order chi connectivity index (χ1) is 22.9. The van der Waals surface area contributed by atoms with Crippen molar-refractivity contribution < 1.29 is 43.3 Å². The van der Waals surface area contributed by atoms with Crippen molar-refractivity contribution >= 4 is 41.5 Å². The molecule has 3 aromatic rings. The number of rotatable bonds is 13. The van der Waals surface area contributed by atoms with Crippen molar-refractivity contribution in [2.45, 2.75) is 46.0 Å². The maximum absolute atomic E-state index is 13.8. The Morgan fingerprint density at radius 3 is 2.33 bits per heavy atom. The maximum atomic E-state index is 13.8. The molecule has 1 aliphatic rings. The summed E-state index contributed by atoms with van der Waals surface area (Å²) in [6, 6.07) is 12.2. The van der Waals surface area contributed by atoms with Crippen molar-refractivity contribution in [3.63, 3.8) is 0 Å². The molecule has 14 heteroatoms. The summed E-state index contributed by atoms with van der Waals surface area (Å²) in [6.07, 6.45) is 0.631. The summed E-state index contributed by atoms with van der Waals surface area (Å²) in [7, 11) is 1.44. The van der Waals surface area contributed by atoms with E-state index in [0.29, 0.717) is 35.0 Å². The van der Waals surface area contributed by atoms with E-state index in [1.165, 1.54) is 44.4 Å². The van der Waals surface area contributed by atoms with Gasteiger partial charge in [-0.05, 0) is 81.1 Å². The van der Waals surface area contributed by atoms with E-state index in [0.717, 1.165) is 12.8 Å². The fourth-order valence-electron chi connectivity index (χ4n) is 4.52. The Morgan fingerprint density at radius 2 is 1.73 bits per heavy atom. The lowest BCUT2D eigenvalue weighted by atomic mass is 9.94. The predicted octanol–water partition coefficient (Wildman–Crippen LogP) is 4.95. The third kappa shape index (κ3) is 8.87. The number of carbonyl (C=O) groups excluding carboxylic acids is 4. The van der Waals surface area contributed by atoms with Gasteiger partial charge >= 0.3 is 12.1 Å². The summed E-state index contributed by atoms with van der Waals surface area (Å²) in [4.78, 5) is 56.8. The van der Waals surface area contributed by atoms with Crippen LogP contribution in [0, 0.1) is 5.92 Å². The number of nitrogens with two attached hydrogens (primary N) is 1. The number of pyridine rings is 1. The van der Waals surface area contributed by atoms with E-state index in [2.05, 4.69) is 27.4 Å². The number of methoxy groups -OCH3 is 1. The first-order valence-corrected chi connectivity index (χ1v) is 15.1. The van der Waals surface area contributed by atoms with Crippen LogP contribution in [0.3, 0.4) is 0 Å². The van der Waals surface area contributed by atoms with Crippen LogP contribution in [0.2, 0.25) is 0 Å². The summed E-state index contributed by atoms with van der Waals surface area (Å²) in [5.41, 5.74) is 6.98. The third-order valence-corrected chi connectivity index (χ3v) is 7.11. The molecule has 252 valence electrons. The van der Waals surface area contributed by atoms with Gasteiger partial charge in [-0.3, -0.25) is 9.59 Å². The van der Waals surface area contributed by atoms with Crippen LogP contribution in [0.1, 0.15) is 76.1 Å². The second-order valence-electron chi connectivity index (χ2n) is 11.1. The highest BCUT2D eigenvalue weighted by Gasteiger charge is 2.28. The summed E-state index contributed by atoms with van der Waals surface area (Å²) in [6.45, 7) is 8.85. The molecule has 14 nitrogen and oxygen atoms in total. The van der Waals surface area contributed by atoms with E-state index in [4.69, 9.17) is 29.9 Å². The van der Waals surface area contributed by atoms with Gasteiger partial charge in [0.2, 0.25) is 6.29 Å². The van der Waals surface area contributed by atoms with Crippen molar-refractivity contribution in [3.8, 4) is 16.9 Å². The van der Waals surface area contributed by atoms with E-state index in [-0.39, 0.29) is 33.9 Å². The molecule has 4 rings (SSSR count). The van der Waals surface area contributed by atoms with Gasteiger partial charge in [-0.2, -0.15) is 0 Å². The molecule has 0 aliphatic heterocycles. The molecule has 0 radical (unpaired) electrons. The van der Waals surface area contributed by atoms with Gasteiger partial charge in [0.05, 0.1) is 13.2 Å². The first-order valence-electron chi connectivity index (χ1n) is 15.1. The van der Waals surface area contributed by atoms with Crippen molar-refractivity contribution in [1.29, 1.82) is 0 Å². The smallest absolute Gasteiger partial charge is 0.496 e. The Kier molecular flexibility index (Phi) is 11.3. The number of benzene rings is 2. The summed E-state index contributed by atoms with van der Waals surface area (Å²) >= 11 is 0. The van der Waals surface area contributed by atoms with Gasteiger partial charge in [-0.15, -0.1) is 0 Å². The molecule has 2 aromatic carbocycles. The van der Waals surface area contributed by atoms with E-state index in [1.807, 2.05) is 0 Å². The van der Waals surface area contributed by atoms with Crippen LogP contribution >= 0.6 is 0 Å². The maximum Gasteiger partial charge on any atom is 0.511 e. The zero-order valence-corrected chi connectivity index (χ0v) is 26.9. The number of amides is 2. The molecule has 1 saturated carbocycles. The van der Waals surface area contributed by atoms with Crippen LogP contribution in [0.4, 0.5) is 10.5 Å². The van der Waals surface area contributed by atoms with Crippen LogP contribution in [-0.2, 0) is 14.2 Å². The lowest BCUT2D eigenvalue weighted by molar-refractivity contribution is -0.0868. The molecule has 0 spiro atoms. The highest BCUT2D eigenvalue weighted by Crippen LogP contribution is 2.35. The van der Waals surface area contributed by atoms with Crippen molar-refractivity contribution in [3.05, 3.63) is 83.2 Å². The number of hydrogen-bond acceptors (Lipinski definition) is 11. The molecule has 1 heterocycles. The molecule has 5 N–H and O–H groups in total. The average Bonchev–Trinajstić information content (AvgIpc) is 3.90. The molecule has 1 aliphatic carbocycles. The number of anilines is 1. The van der Waals surface area contributed by atoms with E-state index < -0.39 is 36.3 Å². The molecule has 2 amide bonds. The monoisotopic (exact) mass is 659 g/mol. The summed E-state index contributed by atoms with van der Waals surface area (Å²) in [5, 5.41) is 17.5. The van der Waals surface area contributed by atoms with Gasteiger partial charge in [0, 0.05) is 47.0 Å². The van der Waals surface area contributed by atoms with Gasteiger partial charge < -0.3 is 40.5 Å². The Hall–Kier alpha value is -5.92. The molecule has 0 bridgehead atoms. The Labute approximate surface area is 276 Å². The lowest BCUT2D eigenvalue weighted by Gasteiger charge is -2.18. The number of nitrogens with one attached hydrogen (secondary N) is 2. The van der Waals surface area contributed by atoms with Gasteiger partial charge in [0.1, 0.15) is 11.4 Å². The van der Waals surface area contributed by atoms with Gasteiger partial charge in [0.25, 0.3) is 11.8 Å². The van der Waals surface area contributed by atoms with Crippen molar-refractivity contribution in [2.75, 3.05) is 19.0 Å². The summed E-state index contributed by atoms with van der Waals surface area (Å²) < 4.78 is 20.9. The fourth-order valence-corrected chi connectivity index (χ4v) is 4.52. The Morgan fingerprint density at radius 1 is 1.02 bits per heavy atom. The minimum Gasteiger partial charge on any atom is -0.496 e. The van der Waals surface area contributed by atoms with E-state index in [1.54, 1.807) is 38.1 Å². The standard InChI is InChI=1S/C34H37N5O9/c1-6-21-15-26(31(40)37-23-11-9-22(10-12-23)30(35)39-44)25(16-28(21)45-5)24-13-14-27(32(41)36-17-20-7-8-20)38-29(24)33(42)47-19(4)48-34(43)46-18(2)3/h6,9-16,18-20,44H,1,7-8,17H2,2-5H3,(H2,35,39)(H,36,41)(H,37,40). The molecule has 48 heavy (non-hydrogen) atoms. The number of ether oxygens (including phenoxy) is 4. The number of hydrogen-bond donors (Lipinski definition) is 4. The van der Waals surface area contributed by atoms with Gasteiger partial charge in [0.15, 0.2) is 11.5 Å². The molecule has 1 atom stereocenters. The number of oxime groups is 1. The van der Waals surface area contributed by atoms with E-state index >= 15 is 0 Å². The lowest BCUT2D eigenvalue weighted by Crippen LogP contribution is -2.28.